The number of piperidine rings is 1. The molecule has 7 nitrogen and oxygen atoms in total. The third-order valence-corrected chi connectivity index (χ3v) is 5.01. The van der Waals surface area contributed by atoms with Crippen LogP contribution in [0.25, 0.3) is 11.1 Å². The summed E-state index contributed by atoms with van der Waals surface area (Å²) in [6, 6.07) is 5.75. The molecule has 2 aromatic rings. The third-order valence-electron chi connectivity index (χ3n) is 5.01. The van der Waals surface area contributed by atoms with Gasteiger partial charge in [-0.05, 0) is 76.8 Å². The van der Waals surface area contributed by atoms with E-state index in [-0.39, 0.29) is 17.9 Å². The molecule has 0 bridgehead atoms. The van der Waals surface area contributed by atoms with Crippen LogP contribution in [0.1, 0.15) is 50.6 Å². The minimum atomic E-state index is -0.487. The summed E-state index contributed by atoms with van der Waals surface area (Å²) < 4.78 is 10.6. The fraction of sp³-hybridized carbons (Fsp3) is 0.545. The number of aryl methyl sites for hydroxylation is 2. The number of hydrogen-bond acceptors (Lipinski definition) is 6. The molecule has 0 spiro atoms. The van der Waals surface area contributed by atoms with E-state index in [0.29, 0.717) is 0 Å². The van der Waals surface area contributed by atoms with E-state index in [4.69, 9.17) is 9.26 Å². The van der Waals surface area contributed by atoms with Crippen molar-refractivity contribution in [2.45, 2.75) is 65.6 Å². The number of carbonyl (C=O) groups is 1. The van der Waals surface area contributed by atoms with Gasteiger partial charge in [0.2, 0.25) is 0 Å². The quantitative estimate of drug-likeness (QED) is 0.800. The first-order valence-electron chi connectivity index (χ1n) is 10.1. The molecule has 1 aromatic carbocycles. The van der Waals surface area contributed by atoms with Crippen LogP contribution in [0.3, 0.4) is 0 Å². The van der Waals surface area contributed by atoms with Crippen LogP contribution in [0.15, 0.2) is 22.7 Å². The Morgan fingerprint density at radius 3 is 2.55 bits per heavy atom. The summed E-state index contributed by atoms with van der Waals surface area (Å²) in [6.45, 7) is 11.8. The van der Waals surface area contributed by atoms with Gasteiger partial charge in [0, 0.05) is 31.2 Å². The van der Waals surface area contributed by atoms with Gasteiger partial charge in [-0.2, -0.15) is 0 Å². The maximum atomic E-state index is 12.0. The number of likely N-dealkylation sites (tertiary alicyclic amines) is 1. The van der Waals surface area contributed by atoms with E-state index < -0.39 is 5.60 Å². The Kier molecular flexibility index (Phi) is 6.17. The van der Waals surface area contributed by atoms with Crippen molar-refractivity contribution in [2.75, 3.05) is 13.1 Å². The molecule has 0 atom stereocenters. The Balaban J connectivity index is 1.59. The molecule has 3 rings (SSSR count). The molecule has 0 radical (unpaired) electrons. The number of aromatic hydroxyl groups is 1. The summed E-state index contributed by atoms with van der Waals surface area (Å²) in [4.78, 5) is 14.3. The number of aromatic nitrogens is 1. The zero-order valence-corrected chi connectivity index (χ0v) is 17.9. The molecule has 1 aliphatic rings. The highest BCUT2D eigenvalue weighted by Gasteiger charge is 2.24. The van der Waals surface area contributed by atoms with Gasteiger partial charge in [-0.25, -0.2) is 4.79 Å². The Hall–Kier alpha value is -2.54. The highest BCUT2D eigenvalue weighted by molar-refractivity contribution is 5.70. The SMILES string of the molecule is Cc1noc(C)c1-c1cc(O)cc(CN2CCC(NC(=O)OC(C)(C)C)CC2)c1. The van der Waals surface area contributed by atoms with Gasteiger partial charge in [0.1, 0.15) is 17.1 Å². The molecule has 0 unspecified atom stereocenters. The van der Waals surface area contributed by atoms with E-state index in [1.54, 1.807) is 12.1 Å². The van der Waals surface area contributed by atoms with E-state index in [2.05, 4.69) is 21.4 Å². The number of hydrogen-bond donors (Lipinski definition) is 2. The van der Waals surface area contributed by atoms with Crippen molar-refractivity contribution in [3.63, 3.8) is 0 Å². The first kappa shape index (κ1) is 21.2. The lowest BCUT2D eigenvalue weighted by Crippen LogP contribution is -2.45. The van der Waals surface area contributed by atoms with Crippen LogP contribution in [-0.2, 0) is 11.3 Å². The summed E-state index contributed by atoms with van der Waals surface area (Å²) in [5.41, 5.74) is 3.21. The minimum absolute atomic E-state index is 0.128. The average Bonchev–Trinajstić information content (AvgIpc) is 2.93. The Morgan fingerprint density at radius 1 is 1.28 bits per heavy atom. The first-order valence-corrected chi connectivity index (χ1v) is 10.1. The summed E-state index contributed by atoms with van der Waals surface area (Å²) in [5.74, 6) is 0.979. The number of amides is 1. The number of phenolic OH excluding ortho intramolecular Hbond substituents is 1. The van der Waals surface area contributed by atoms with E-state index in [9.17, 15) is 9.90 Å². The van der Waals surface area contributed by atoms with Crippen LogP contribution < -0.4 is 5.32 Å². The zero-order chi connectivity index (χ0) is 21.2. The molecular weight excluding hydrogens is 370 g/mol. The second kappa shape index (κ2) is 8.45. The smallest absolute Gasteiger partial charge is 0.407 e. The van der Waals surface area contributed by atoms with Crippen LogP contribution in [0.4, 0.5) is 4.79 Å². The molecule has 1 aromatic heterocycles. The highest BCUT2D eigenvalue weighted by Crippen LogP contribution is 2.31. The molecule has 1 saturated heterocycles. The van der Waals surface area contributed by atoms with Crippen molar-refractivity contribution < 1.29 is 19.2 Å². The van der Waals surface area contributed by atoms with E-state index in [1.165, 1.54) is 0 Å². The largest absolute Gasteiger partial charge is 0.508 e. The molecule has 29 heavy (non-hydrogen) atoms. The molecule has 1 aliphatic heterocycles. The van der Waals surface area contributed by atoms with Gasteiger partial charge in [-0.15, -0.1) is 0 Å². The summed E-state index contributed by atoms with van der Waals surface area (Å²) in [5, 5.41) is 17.2. The van der Waals surface area contributed by atoms with Gasteiger partial charge in [0.05, 0.1) is 5.69 Å². The van der Waals surface area contributed by atoms with E-state index in [0.717, 1.165) is 60.6 Å². The number of nitrogens with zero attached hydrogens (tertiary/aromatic N) is 2. The number of rotatable bonds is 4. The monoisotopic (exact) mass is 401 g/mol. The number of alkyl carbamates (subject to hydrolysis) is 1. The Morgan fingerprint density at radius 2 is 1.97 bits per heavy atom. The van der Waals surface area contributed by atoms with Gasteiger partial charge < -0.3 is 19.7 Å². The Labute approximate surface area is 172 Å². The lowest BCUT2D eigenvalue weighted by Gasteiger charge is -2.33. The maximum Gasteiger partial charge on any atom is 0.407 e. The maximum absolute atomic E-state index is 12.0. The van der Waals surface area contributed by atoms with Crippen LogP contribution in [0.5, 0.6) is 5.75 Å². The fourth-order valence-electron chi connectivity index (χ4n) is 3.77. The van der Waals surface area contributed by atoms with Crippen LogP contribution in [0.2, 0.25) is 0 Å². The number of carbonyl (C=O) groups excluding carboxylic acids is 1. The minimum Gasteiger partial charge on any atom is -0.508 e. The van der Waals surface area contributed by atoms with Crippen molar-refractivity contribution >= 4 is 6.09 Å². The lowest BCUT2D eigenvalue weighted by atomic mass is 10.00. The van der Waals surface area contributed by atoms with Gasteiger partial charge in [0.25, 0.3) is 0 Å². The summed E-state index contributed by atoms with van der Waals surface area (Å²) >= 11 is 0. The molecule has 2 heterocycles. The topological polar surface area (TPSA) is 87.8 Å². The fourth-order valence-corrected chi connectivity index (χ4v) is 3.77. The van der Waals surface area contributed by atoms with Crippen molar-refractivity contribution in [3.05, 3.63) is 35.2 Å². The number of ether oxygens (including phenoxy) is 1. The lowest BCUT2D eigenvalue weighted by molar-refractivity contribution is 0.0477. The van der Waals surface area contributed by atoms with E-state index >= 15 is 0 Å². The predicted octanol–water partition coefficient (Wildman–Crippen LogP) is 4.15. The van der Waals surface area contributed by atoms with Gasteiger partial charge in [0.15, 0.2) is 0 Å². The van der Waals surface area contributed by atoms with Crippen LogP contribution in [-0.4, -0.2) is 46.0 Å². The van der Waals surface area contributed by atoms with Crippen molar-refractivity contribution in [1.29, 1.82) is 0 Å². The second-order valence-corrected chi connectivity index (χ2v) is 8.78. The molecule has 158 valence electrons. The standard InChI is InChI=1S/C22H31N3O4/c1-14-20(15(2)29-24-14)17-10-16(11-19(26)12-17)13-25-8-6-18(7-9-25)23-21(27)28-22(3,4)5/h10-12,18,26H,6-9,13H2,1-5H3,(H,23,27). The van der Waals surface area contributed by atoms with Gasteiger partial charge >= 0.3 is 6.09 Å². The van der Waals surface area contributed by atoms with Crippen molar-refractivity contribution in [3.8, 4) is 16.9 Å². The molecule has 1 amide bonds. The molecule has 2 N–H and O–H groups in total. The summed E-state index contributed by atoms with van der Waals surface area (Å²) in [6.07, 6.45) is 1.39. The molecular formula is C22H31N3O4. The third kappa shape index (κ3) is 5.73. The Bertz CT molecular complexity index is 842. The molecule has 7 heteroatoms. The average molecular weight is 402 g/mol. The number of phenols is 1. The number of benzene rings is 1. The van der Waals surface area contributed by atoms with E-state index in [1.807, 2.05) is 34.6 Å². The molecule has 0 aliphatic carbocycles. The first-order chi connectivity index (χ1) is 13.6. The van der Waals surface area contributed by atoms with Crippen molar-refractivity contribution in [2.24, 2.45) is 0 Å². The predicted molar refractivity (Wildman–Crippen MR) is 111 cm³/mol. The highest BCUT2D eigenvalue weighted by atomic mass is 16.6. The zero-order valence-electron chi connectivity index (χ0n) is 17.9. The van der Waals surface area contributed by atoms with Gasteiger partial charge in [-0.3, -0.25) is 4.90 Å². The second-order valence-electron chi connectivity index (χ2n) is 8.78. The van der Waals surface area contributed by atoms with Crippen LogP contribution >= 0.6 is 0 Å². The summed E-state index contributed by atoms with van der Waals surface area (Å²) in [7, 11) is 0. The normalized spacial score (nSPS) is 16.0. The number of nitrogens with one attached hydrogen (secondary N) is 1. The molecule has 0 saturated carbocycles. The van der Waals surface area contributed by atoms with Crippen LogP contribution in [0, 0.1) is 13.8 Å². The molecule has 1 fully saturated rings. The van der Waals surface area contributed by atoms with Crippen molar-refractivity contribution in [1.82, 2.24) is 15.4 Å². The van der Waals surface area contributed by atoms with Gasteiger partial charge in [-0.1, -0.05) is 5.16 Å².